The molecule has 1 aromatic carbocycles. The predicted molar refractivity (Wildman–Crippen MR) is 169 cm³/mol. The normalized spacial score (nSPS) is 19.6. The molecule has 0 spiro atoms. The number of hydrogen-bond donors (Lipinski definition) is 0. The SMILES string of the molecule is CC1=CC(C)=[N+]2C1=C(c1ccc(C3=C4C(C)=CC(C)=[N+]4[B-](F)(F)n4c(C)cc(C)c43)c([N+](=O)[O-])c1)c1c(C)cc(C)n1[B-]2(F)F. The zero-order valence-corrected chi connectivity index (χ0v) is 26.3. The number of rotatable bonds is 3. The molecule has 0 bridgehead atoms. The van der Waals surface area contributed by atoms with E-state index in [-0.39, 0.29) is 22.6 Å². The first-order valence-corrected chi connectivity index (χ1v) is 14.8. The van der Waals surface area contributed by atoms with E-state index in [2.05, 4.69) is 0 Å². The summed E-state index contributed by atoms with van der Waals surface area (Å²) in [5.41, 5.74) is 6.00. The topological polar surface area (TPSA) is 59.0 Å². The van der Waals surface area contributed by atoms with Crippen LogP contribution in [0, 0.1) is 37.8 Å². The van der Waals surface area contributed by atoms with Gasteiger partial charge in [0.05, 0.1) is 21.6 Å². The molecular formula is C32H31B2F4N5O2. The Morgan fingerprint density at radius 2 is 1.13 bits per heavy atom. The number of nitro groups is 1. The lowest BCUT2D eigenvalue weighted by atomic mass is 9.81. The molecule has 7 rings (SSSR count). The van der Waals surface area contributed by atoms with Crippen molar-refractivity contribution in [1.29, 1.82) is 0 Å². The van der Waals surface area contributed by atoms with E-state index in [4.69, 9.17) is 0 Å². The molecule has 0 radical (unpaired) electrons. The first-order valence-electron chi connectivity index (χ1n) is 14.8. The number of aromatic nitrogens is 2. The Balaban J connectivity index is 1.56. The molecule has 3 aromatic rings. The van der Waals surface area contributed by atoms with Crippen LogP contribution in [0.25, 0.3) is 11.1 Å². The fraction of sp³-hybridized carbons (Fsp3) is 0.250. The van der Waals surface area contributed by atoms with Crippen molar-refractivity contribution in [3.8, 4) is 0 Å². The Hall–Kier alpha value is -4.67. The maximum atomic E-state index is 16.2. The average molecular weight is 615 g/mol. The van der Waals surface area contributed by atoms with Gasteiger partial charge in [0, 0.05) is 54.6 Å². The average Bonchev–Trinajstić information content (AvgIpc) is 3.61. The lowest BCUT2D eigenvalue weighted by Gasteiger charge is -2.34. The molecule has 13 heteroatoms. The summed E-state index contributed by atoms with van der Waals surface area (Å²) >= 11 is 0. The van der Waals surface area contributed by atoms with E-state index < -0.39 is 18.9 Å². The van der Waals surface area contributed by atoms with Gasteiger partial charge < -0.3 is 35.2 Å². The summed E-state index contributed by atoms with van der Waals surface area (Å²) in [6.45, 7) is 4.94. The van der Waals surface area contributed by atoms with Crippen LogP contribution in [0.2, 0.25) is 0 Å². The van der Waals surface area contributed by atoms with Gasteiger partial charge in [-0.3, -0.25) is 10.1 Å². The molecule has 4 aliphatic rings. The summed E-state index contributed by atoms with van der Waals surface area (Å²) in [4.78, 5) is 12.3. The second-order valence-electron chi connectivity index (χ2n) is 12.7. The summed E-state index contributed by atoms with van der Waals surface area (Å²) < 4.78 is 68.8. The maximum Gasteiger partial charge on any atom is 0.737 e. The molecule has 0 saturated heterocycles. The van der Waals surface area contributed by atoms with Crippen molar-refractivity contribution in [1.82, 2.24) is 8.96 Å². The van der Waals surface area contributed by atoms with Gasteiger partial charge in [-0.15, -0.1) is 0 Å². The molecule has 0 saturated carbocycles. The van der Waals surface area contributed by atoms with Crippen LogP contribution in [0.15, 0.2) is 65.0 Å². The van der Waals surface area contributed by atoms with Gasteiger partial charge in [0.1, 0.15) is 11.4 Å². The molecule has 0 unspecified atom stereocenters. The van der Waals surface area contributed by atoms with E-state index in [1.54, 1.807) is 91.8 Å². The van der Waals surface area contributed by atoms with Crippen molar-refractivity contribution in [2.24, 2.45) is 0 Å². The summed E-state index contributed by atoms with van der Waals surface area (Å²) in [5.74, 6) is 0. The van der Waals surface area contributed by atoms with Gasteiger partial charge in [-0.05, 0) is 87.8 Å². The summed E-state index contributed by atoms with van der Waals surface area (Å²) in [5, 5.41) is 12.9. The molecular weight excluding hydrogens is 584 g/mol. The molecule has 230 valence electrons. The molecule has 0 atom stereocenters. The van der Waals surface area contributed by atoms with Gasteiger partial charge in [0.15, 0.2) is 11.4 Å². The zero-order valence-electron chi connectivity index (χ0n) is 26.3. The molecule has 0 amide bonds. The highest BCUT2D eigenvalue weighted by Crippen LogP contribution is 2.49. The third-order valence-corrected chi connectivity index (χ3v) is 9.62. The second-order valence-corrected chi connectivity index (χ2v) is 12.7. The number of hydrogen-bond acceptors (Lipinski definition) is 2. The van der Waals surface area contributed by atoms with E-state index in [1.807, 2.05) is 0 Å². The van der Waals surface area contributed by atoms with Crippen molar-refractivity contribution in [3.05, 3.63) is 120 Å². The minimum absolute atomic E-state index is 0.178. The highest BCUT2D eigenvalue weighted by Gasteiger charge is 2.57. The monoisotopic (exact) mass is 615 g/mol. The van der Waals surface area contributed by atoms with Gasteiger partial charge in [0.25, 0.3) is 5.69 Å². The van der Waals surface area contributed by atoms with E-state index in [1.165, 1.54) is 6.07 Å². The minimum atomic E-state index is -4.26. The van der Waals surface area contributed by atoms with Crippen molar-refractivity contribution in [2.45, 2.75) is 55.4 Å². The van der Waals surface area contributed by atoms with Crippen LogP contribution in [0.4, 0.5) is 23.0 Å². The smallest absolute Gasteiger partial charge is 0.393 e. The lowest BCUT2D eigenvalue weighted by Crippen LogP contribution is -2.51. The third-order valence-electron chi connectivity index (χ3n) is 9.62. The van der Waals surface area contributed by atoms with Crippen LogP contribution in [0.5, 0.6) is 0 Å². The Morgan fingerprint density at radius 3 is 1.60 bits per heavy atom. The maximum absolute atomic E-state index is 16.2. The van der Waals surface area contributed by atoms with Crippen LogP contribution in [-0.2, 0) is 0 Å². The van der Waals surface area contributed by atoms with Crippen molar-refractivity contribution < 1.29 is 31.2 Å². The molecule has 0 N–H and O–H groups in total. The molecule has 2 aromatic heterocycles. The first-order chi connectivity index (χ1) is 21.0. The Labute approximate surface area is 257 Å². The van der Waals surface area contributed by atoms with Gasteiger partial charge >= 0.3 is 13.9 Å². The van der Waals surface area contributed by atoms with Crippen LogP contribution in [0.3, 0.4) is 0 Å². The Kier molecular flexibility index (Phi) is 5.78. The molecule has 0 fully saturated rings. The highest BCUT2D eigenvalue weighted by molar-refractivity contribution is 6.59. The number of nitrogens with zero attached hydrogens (tertiary/aromatic N) is 5. The number of nitro benzene ring substituents is 1. The Bertz CT molecular complexity index is 2180. The van der Waals surface area contributed by atoms with Gasteiger partial charge in [-0.1, -0.05) is 6.07 Å². The first kappa shape index (κ1) is 29.1. The molecule has 45 heavy (non-hydrogen) atoms. The lowest BCUT2D eigenvalue weighted by molar-refractivity contribution is -0.385. The fourth-order valence-electron chi connectivity index (χ4n) is 8.18. The number of fused-ring (bicyclic) bond motifs is 4. The standard InChI is InChI=1S/C32H31B2F4N5O2/c1-16-11-20(5)39-29(16)27(30-17(2)12-21(6)40(30)33(39,35)36)24-9-10-25(26(15-24)43(44)45)28-31-18(3)13-22(7)41(31)34(37,38)42-23(8)14-19(4)32(28)42/h9-15H,1-8H3. The largest absolute Gasteiger partial charge is 0.737 e. The van der Waals surface area contributed by atoms with Gasteiger partial charge in [0.2, 0.25) is 0 Å². The summed E-state index contributed by atoms with van der Waals surface area (Å²) in [6.07, 6.45) is 3.36. The van der Waals surface area contributed by atoms with E-state index >= 15 is 17.3 Å². The fourth-order valence-corrected chi connectivity index (χ4v) is 8.18. The van der Waals surface area contributed by atoms with Crippen LogP contribution in [0.1, 0.15) is 72.7 Å². The summed E-state index contributed by atoms with van der Waals surface area (Å²) in [6, 6.07) is 8.02. The summed E-state index contributed by atoms with van der Waals surface area (Å²) in [7, 11) is 0. The molecule has 7 nitrogen and oxygen atoms in total. The number of allylic oxidation sites excluding steroid dienone is 4. The van der Waals surface area contributed by atoms with Gasteiger partial charge in [-0.2, -0.15) is 0 Å². The van der Waals surface area contributed by atoms with Gasteiger partial charge in [-0.25, -0.2) is 0 Å². The third kappa shape index (κ3) is 3.55. The number of benzene rings is 1. The molecule has 4 aliphatic heterocycles. The van der Waals surface area contributed by atoms with E-state index in [9.17, 15) is 10.1 Å². The number of aryl methyl sites for hydroxylation is 4. The van der Waals surface area contributed by atoms with Crippen LogP contribution < -0.4 is 0 Å². The highest BCUT2D eigenvalue weighted by atomic mass is 19.3. The van der Waals surface area contributed by atoms with E-state index in [0.29, 0.717) is 73.2 Å². The van der Waals surface area contributed by atoms with Crippen molar-refractivity contribution in [2.75, 3.05) is 0 Å². The van der Waals surface area contributed by atoms with Crippen LogP contribution in [-0.4, -0.2) is 48.2 Å². The van der Waals surface area contributed by atoms with Crippen LogP contribution >= 0.6 is 0 Å². The molecule has 6 heterocycles. The minimum Gasteiger partial charge on any atom is -0.393 e. The van der Waals surface area contributed by atoms with Crippen molar-refractivity contribution in [3.63, 3.8) is 0 Å². The quantitative estimate of drug-likeness (QED) is 0.135. The predicted octanol–water partition coefficient (Wildman–Crippen LogP) is 7.29. The van der Waals surface area contributed by atoms with Crippen molar-refractivity contribution >= 4 is 42.2 Å². The molecule has 0 aliphatic carbocycles. The number of halogens is 4. The zero-order chi connectivity index (χ0) is 32.7. The second kappa shape index (κ2) is 8.95. The Morgan fingerprint density at radius 1 is 0.689 bits per heavy atom. The van der Waals surface area contributed by atoms with E-state index in [0.717, 1.165) is 17.9 Å².